The normalized spacial score (nSPS) is 14.8. The Morgan fingerprint density at radius 2 is 2.12 bits per heavy atom. The minimum atomic E-state index is -0.204. The van der Waals surface area contributed by atoms with E-state index in [0.29, 0.717) is 5.92 Å². The first-order chi connectivity index (χ1) is 7.58. The fourth-order valence-electron chi connectivity index (χ4n) is 1.84. The number of benzene rings is 1. The molecule has 3 N–H and O–H groups in total. The van der Waals surface area contributed by atoms with Crippen molar-refractivity contribution in [1.29, 1.82) is 0 Å². The second-order valence-corrected chi connectivity index (χ2v) is 4.47. The fourth-order valence-corrected chi connectivity index (χ4v) is 1.84. The van der Waals surface area contributed by atoms with E-state index in [1.54, 1.807) is 12.1 Å². The van der Waals surface area contributed by atoms with Crippen molar-refractivity contribution in [3.63, 3.8) is 0 Å². The van der Waals surface area contributed by atoms with E-state index in [2.05, 4.69) is 19.3 Å². The molecule has 1 aromatic carbocycles. The molecule has 0 aliphatic rings. The molecule has 0 aliphatic carbocycles. The maximum atomic E-state index is 13.2. The molecule has 0 bridgehead atoms. The predicted molar refractivity (Wildman–Crippen MR) is 65.3 cm³/mol. The molecule has 0 saturated heterocycles. The second-order valence-electron chi connectivity index (χ2n) is 4.47. The Labute approximate surface area is 97.0 Å². The van der Waals surface area contributed by atoms with Crippen LogP contribution < -0.4 is 11.3 Å². The van der Waals surface area contributed by atoms with E-state index in [1.807, 2.05) is 6.92 Å². The van der Waals surface area contributed by atoms with Crippen molar-refractivity contribution in [3.8, 4) is 0 Å². The van der Waals surface area contributed by atoms with Crippen LogP contribution in [0, 0.1) is 18.7 Å². The van der Waals surface area contributed by atoms with Crippen LogP contribution in [0.4, 0.5) is 4.39 Å². The standard InChI is InChI=1S/C13H21FN2/c1-4-9(2)7-13(16-15)12-8-11(14)6-5-10(12)3/h5-6,8-9,13,16H,4,7,15H2,1-3H3. The van der Waals surface area contributed by atoms with Gasteiger partial charge in [-0.1, -0.05) is 26.3 Å². The van der Waals surface area contributed by atoms with Gasteiger partial charge in [-0.2, -0.15) is 0 Å². The average Bonchev–Trinajstić information content (AvgIpc) is 2.29. The quantitative estimate of drug-likeness (QED) is 0.596. The van der Waals surface area contributed by atoms with Crippen LogP contribution in [0.15, 0.2) is 18.2 Å². The van der Waals surface area contributed by atoms with Gasteiger partial charge in [0.15, 0.2) is 0 Å². The highest BCUT2D eigenvalue weighted by molar-refractivity contribution is 5.29. The number of hydrazine groups is 1. The van der Waals surface area contributed by atoms with Crippen LogP contribution in [0.25, 0.3) is 0 Å². The first kappa shape index (κ1) is 13.1. The molecule has 3 heteroatoms. The molecule has 0 aromatic heterocycles. The summed E-state index contributed by atoms with van der Waals surface area (Å²) in [5.74, 6) is 5.92. The molecule has 0 amide bonds. The Kier molecular flexibility index (Phi) is 4.90. The number of aryl methyl sites for hydroxylation is 1. The number of rotatable bonds is 5. The summed E-state index contributed by atoms with van der Waals surface area (Å²) in [6.07, 6.45) is 2.03. The van der Waals surface area contributed by atoms with Crippen molar-refractivity contribution in [2.45, 2.75) is 39.7 Å². The molecule has 0 aliphatic heterocycles. The number of hydrogen-bond donors (Lipinski definition) is 2. The van der Waals surface area contributed by atoms with Gasteiger partial charge < -0.3 is 0 Å². The largest absolute Gasteiger partial charge is 0.271 e. The van der Waals surface area contributed by atoms with Gasteiger partial charge in [-0.05, 0) is 42.5 Å². The van der Waals surface area contributed by atoms with E-state index in [-0.39, 0.29) is 11.9 Å². The molecule has 1 rings (SSSR count). The highest BCUT2D eigenvalue weighted by Crippen LogP contribution is 2.25. The van der Waals surface area contributed by atoms with Crippen molar-refractivity contribution in [2.75, 3.05) is 0 Å². The van der Waals surface area contributed by atoms with Crippen molar-refractivity contribution >= 4 is 0 Å². The molecule has 2 atom stereocenters. The summed E-state index contributed by atoms with van der Waals surface area (Å²) in [5.41, 5.74) is 4.82. The Hall–Kier alpha value is -0.930. The molecule has 90 valence electrons. The molecule has 1 aromatic rings. The van der Waals surface area contributed by atoms with Crippen LogP contribution in [0.1, 0.15) is 43.9 Å². The molecule has 0 heterocycles. The summed E-state index contributed by atoms with van der Waals surface area (Å²) >= 11 is 0. The van der Waals surface area contributed by atoms with E-state index in [9.17, 15) is 4.39 Å². The Morgan fingerprint density at radius 3 is 2.69 bits per heavy atom. The van der Waals surface area contributed by atoms with Crippen LogP contribution >= 0.6 is 0 Å². The van der Waals surface area contributed by atoms with E-state index in [0.717, 1.165) is 24.0 Å². The van der Waals surface area contributed by atoms with Crippen LogP contribution in [0.3, 0.4) is 0 Å². The number of nitrogens with one attached hydrogen (secondary N) is 1. The zero-order valence-electron chi connectivity index (χ0n) is 10.3. The first-order valence-electron chi connectivity index (χ1n) is 5.80. The summed E-state index contributed by atoms with van der Waals surface area (Å²) in [6, 6.07) is 4.88. The fraction of sp³-hybridized carbons (Fsp3) is 0.538. The smallest absolute Gasteiger partial charge is 0.123 e. The summed E-state index contributed by atoms with van der Waals surface area (Å²) in [6.45, 7) is 6.31. The van der Waals surface area contributed by atoms with E-state index in [4.69, 9.17) is 5.84 Å². The Morgan fingerprint density at radius 1 is 1.44 bits per heavy atom. The van der Waals surface area contributed by atoms with Gasteiger partial charge >= 0.3 is 0 Å². The lowest BCUT2D eigenvalue weighted by Crippen LogP contribution is -2.30. The first-order valence-corrected chi connectivity index (χ1v) is 5.80. The Bertz CT molecular complexity index is 339. The summed E-state index contributed by atoms with van der Waals surface area (Å²) in [7, 11) is 0. The molecule has 0 saturated carbocycles. The van der Waals surface area contributed by atoms with Crippen LogP contribution in [0.2, 0.25) is 0 Å². The molecule has 0 spiro atoms. The predicted octanol–water partition coefficient (Wildman–Crippen LogP) is 3.07. The third kappa shape index (κ3) is 3.29. The molecule has 2 nitrogen and oxygen atoms in total. The molecular weight excluding hydrogens is 203 g/mol. The van der Waals surface area contributed by atoms with Gasteiger partial charge in [-0.3, -0.25) is 11.3 Å². The minimum Gasteiger partial charge on any atom is -0.271 e. The zero-order valence-corrected chi connectivity index (χ0v) is 10.3. The van der Waals surface area contributed by atoms with E-state index in [1.165, 1.54) is 6.07 Å². The minimum absolute atomic E-state index is 0.0330. The molecule has 0 fully saturated rings. The lowest BCUT2D eigenvalue weighted by atomic mass is 9.92. The van der Waals surface area contributed by atoms with Gasteiger partial charge in [0.1, 0.15) is 5.82 Å². The summed E-state index contributed by atoms with van der Waals surface area (Å²) in [5, 5.41) is 0. The number of halogens is 1. The molecular formula is C13H21FN2. The van der Waals surface area contributed by atoms with Gasteiger partial charge in [-0.25, -0.2) is 4.39 Å². The van der Waals surface area contributed by atoms with Crippen molar-refractivity contribution < 1.29 is 4.39 Å². The number of nitrogens with two attached hydrogens (primary N) is 1. The highest BCUT2D eigenvalue weighted by Gasteiger charge is 2.15. The van der Waals surface area contributed by atoms with Gasteiger partial charge in [0.25, 0.3) is 0 Å². The van der Waals surface area contributed by atoms with Crippen molar-refractivity contribution in [1.82, 2.24) is 5.43 Å². The topological polar surface area (TPSA) is 38.0 Å². The molecule has 2 unspecified atom stereocenters. The SMILES string of the molecule is CCC(C)CC(NN)c1cc(F)ccc1C. The van der Waals surface area contributed by atoms with E-state index >= 15 is 0 Å². The van der Waals surface area contributed by atoms with Crippen LogP contribution in [-0.4, -0.2) is 0 Å². The third-order valence-corrected chi connectivity index (χ3v) is 3.15. The highest BCUT2D eigenvalue weighted by atomic mass is 19.1. The maximum absolute atomic E-state index is 13.2. The van der Waals surface area contributed by atoms with Crippen LogP contribution in [0.5, 0.6) is 0 Å². The van der Waals surface area contributed by atoms with Gasteiger partial charge in [0.2, 0.25) is 0 Å². The van der Waals surface area contributed by atoms with Gasteiger partial charge in [-0.15, -0.1) is 0 Å². The van der Waals surface area contributed by atoms with E-state index < -0.39 is 0 Å². The van der Waals surface area contributed by atoms with Crippen molar-refractivity contribution in [3.05, 3.63) is 35.1 Å². The third-order valence-electron chi connectivity index (χ3n) is 3.15. The summed E-state index contributed by atoms with van der Waals surface area (Å²) in [4.78, 5) is 0. The van der Waals surface area contributed by atoms with Crippen LogP contribution in [-0.2, 0) is 0 Å². The average molecular weight is 224 g/mol. The zero-order chi connectivity index (χ0) is 12.1. The maximum Gasteiger partial charge on any atom is 0.123 e. The monoisotopic (exact) mass is 224 g/mol. The lowest BCUT2D eigenvalue weighted by Gasteiger charge is -2.21. The molecule has 0 radical (unpaired) electrons. The summed E-state index contributed by atoms with van der Waals surface area (Å²) < 4.78 is 13.2. The number of hydrogen-bond acceptors (Lipinski definition) is 2. The van der Waals surface area contributed by atoms with Crippen molar-refractivity contribution in [2.24, 2.45) is 11.8 Å². The lowest BCUT2D eigenvalue weighted by molar-refractivity contribution is 0.405. The Balaban J connectivity index is 2.89. The second kappa shape index (κ2) is 5.97. The molecule has 16 heavy (non-hydrogen) atoms. The van der Waals surface area contributed by atoms with Gasteiger partial charge in [0.05, 0.1) is 0 Å². The van der Waals surface area contributed by atoms with Gasteiger partial charge in [0, 0.05) is 6.04 Å².